The van der Waals surface area contributed by atoms with Crippen molar-refractivity contribution in [3.63, 3.8) is 0 Å². The molecule has 286 valence electrons. The average molecular weight is 691 g/mol. The maximum atomic E-state index is 12.9. The summed E-state index contributed by atoms with van der Waals surface area (Å²) in [5.41, 5.74) is 18.1. The third kappa shape index (κ3) is 10.2. The molecule has 0 spiro atoms. The van der Waals surface area contributed by atoms with Crippen LogP contribution < -0.4 is 22.5 Å². The van der Waals surface area contributed by atoms with Gasteiger partial charge in [-0.3, -0.25) is 4.79 Å². The van der Waals surface area contributed by atoms with E-state index in [9.17, 15) is 4.79 Å². The van der Waals surface area contributed by atoms with E-state index in [1.807, 2.05) is 0 Å². The number of hydrogen-bond donors (Lipinski definition) is 4. The molecular formula is C41H78N4O4. The van der Waals surface area contributed by atoms with Crippen LogP contribution >= 0.6 is 0 Å². The first kappa shape index (κ1) is 41.0. The van der Waals surface area contributed by atoms with Crippen LogP contribution in [0.3, 0.4) is 0 Å². The predicted octanol–water partition coefficient (Wildman–Crippen LogP) is 6.96. The molecule has 0 aromatic rings. The van der Waals surface area contributed by atoms with Gasteiger partial charge in [-0.2, -0.15) is 0 Å². The van der Waals surface area contributed by atoms with Gasteiger partial charge < -0.3 is 36.7 Å². The number of hydrogen-bond acceptors (Lipinski definition) is 7. The summed E-state index contributed by atoms with van der Waals surface area (Å²) in [5.74, 6) is 3.48. The zero-order chi connectivity index (χ0) is 35.3. The Labute approximate surface area is 300 Å². The summed E-state index contributed by atoms with van der Waals surface area (Å²) in [6.07, 6.45) is 20.8. The van der Waals surface area contributed by atoms with Crippen LogP contribution in [0.1, 0.15) is 143 Å². The Kier molecular flexibility index (Phi) is 17.1. The normalized spacial score (nSPS) is 36.1. The third-order valence-corrected chi connectivity index (χ3v) is 14.2. The number of fused-ring (bicyclic) bond motifs is 5. The number of ether oxygens (including phenoxy) is 3. The van der Waals surface area contributed by atoms with E-state index in [-0.39, 0.29) is 28.9 Å². The lowest BCUT2D eigenvalue weighted by atomic mass is 9.43. The van der Waals surface area contributed by atoms with Gasteiger partial charge in [0.15, 0.2) is 0 Å². The third-order valence-electron chi connectivity index (χ3n) is 14.2. The molecule has 0 aromatic carbocycles. The van der Waals surface area contributed by atoms with Gasteiger partial charge in [0, 0.05) is 38.2 Å². The maximum absolute atomic E-state index is 12.9. The second-order valence-electron chi connectivity index (χ2n) is 17.1. The van der Waals surface area contributed by atoms with Crippen LogP contribution in [0.25, 0.3) is 0 Å². The topological polar surface area (TPSA) is 135 Å². The fourth-order valence-electron chi connectivity index (χ4n) is 11.4. The van der Waals surface area contributed by atoms with Crippen molar-refractivity contribution in [2.45, 2.75) is 162 Å². The molecule has 4 fully saturated rings. The van der Waals surface area contributed by atoms with E-state index in [4.69, 9.17) is 31.4 Å². The zero-order valence-electron chi connectivity index (χ0n) is 32.2. The molecular weight excluding hydrogens is 612 g/mol. The van der Waals surface area contributed by atoms with Crippen molar-refractivity contribution >= 4 is 5.91 Å². The molecule has 0 aromatic heterocycles. The Bertz CT molecular complexity index is 954. The lowest BCUT2D eigenvalue weighted by Crippen LogP contribution is -2.63. The minimum Gasteiger partial charge on any atom is -0.378 e. The highest BCUT2D eigenvalue weighted by molar-refractivity contribution is 5.75. The highest BCUT2D eigenvalue weighted by atomic mass is 16.5. The minimum absolute atomic E-state index is 0.0609. The summed E-state index contributed by atoms with van der Waals surface area (Å²) in [7, 11) is 0. The van der Waals surface area contributed by atoms with Gasteiger partial charge in [-0.15, -0.1) is 0 Å². The van der Waals surface area contributed by atoms with E-state index < -0.39 is 0 Å². The number of amides is 1. The van der Waals surface area contributed by atoms with Crippen molar-refractivity contribution in [1.82, 2.24) is 5.32 Å². The van der Waals surface area contributed by atoms with Crippen molar-refractivity contribution < 1.29 is 19.0 Å². The van der Waals surface area contributed by atoms with Gasteiger partial charge in [0.1, 0.15) is 0 Å². The molecule has 8 heteroatoms. The molecule has 0 heterocycles. The first-order chi connectivity index (χ1) is 23.7. The van der Waals surface area contributed by atoms with E-state index >= 15 is 0 Å². The number of rotatable bonds is 23. The molecule has 8 nitrogen and oxygen atoms in total. The van der Waals surface area contributed by atoms with Crippen LogP contribution in [0.5, 0.6) is 0 Å². The van der Waals surface area contributed by atoms with E-state index in [1.54, 1.807) is 0 Å². The molecule has 0 saturated heterocycles. The molecule has 11 atom stereocenters. The standard InChI is InChI=1S/C41H78N4O4/c1-5-6-7-8-9-10-23-45-38(46)17-14-30(2)33-15-16-34-39-35(29-37(41(33,34)4)49-26-13-22-44)40(3)19-18-32(47-24-11-20-42)27-31(40)28-36(39)48-25-12-21-43/h30-37,39H,5-29,42-44H2,1-4H3,(H,45,46)/t30-,31+,32-,33-,34+,35+,36-,37+,39+,40+,41-/m1/s1. The monoisotopic (exact) mass is 691 g/mol. The molecule has 1 amide bonds. The van der Waals surface area contributed by atoms with Crippen LogP contribution in [-0.4, -0.2) is 70.2 Å². The molecule has 4 rings (SSSR count). The van der Waals surface area contributed by atoms with Crippen LogP contribution in [0.15, 0.2) is 0 Å². The van der Waals surface area contributed by atoms with Gasteiger partial charge >= 0.3 is 0 Å². The van der Waals surface area contributed by atoms with E-state index in [2.05, 4.69) is 33.0 Å². The van der Waals surface area contributed by atoms with E-state index in [1.165, 1.54) is 51.4 Å². The molecule has 4 aliphatic carbocycles. The van der Waals surface area contributed by atoms with Crippen molar-refractivity contribution in [3.8, 4) is 0 Å². The van der Waals surface area contributed by atoms with E-state index in [0.717, 1.165) is 84.2 Å². The van der Waals surface area contributed by atoms with Gasteiger partial charge in [0.2, 0.25) is 5.91 Å². The second kappa shape index (κ2) is 20.5. The maximum Gasteiger partial charge on any atom is 0.220 e. The first-order valence-corrected chi connectivity index (χ1v) is 21.0. The van der Waals surface area contributed by atoms with Crippen LogP contribution in [0, 0.1) is 46.3 Å². The fourth-order valence-corrected chi connectivity index (χ4v) is 11.4. The molecule has 0 radical (unpaired) electrons. The highest BCUT2D eigenvalue weighted by Gasteiger charge is 2.66. The molecule has 7 N–H and O–H groups in total. The number of nitrogens with two attached hydrogens (primary N) is 3. The summed E-state index contributed by atoms with van der Waals surface area (Å²) in [6, 6.07) is 0. The Balaban J connectivity index is 1.49. The Morgan fingerprint density at radius 2 is 1.47 bits per heavy atom. The Morgan fingerprint density at radius 1 is 0.796 bits per heavy atom. The lowest BCUT2D eigenvalue weighted by Gasteiger charge is -2.65. The largest absolute Gasteiger partial charge is 0.378 e. The number of nitrogens with one attached hydrogen (secondary N) is 1. The Morgan fingerprint density at radius 3 is 2.18 bits per heavy atom. The van der Waals surface area contributed by atoms with Crippen molar-refractivity contribution in [2.75, 3.05) is 46.0 Å². The van der Waals surface area contributed by atoms with Gasteiger partial charge in [0.25, 0.3) is 0 Å². The number of carbonyl (C=O) groups excluding carboxylic acids is 1. The number of carbonyl (C=O) groups is 1. The predicted molar refractivity (Wildman–Crippen MR) is 201 cm³/mol. The summed E-state index contributed by atoms with van der Waals surface area (Å²) in [5, 5.41) is 3.23. The van der Waals surface area contributed by atoms with Crippen LogP contribution in [0.2, 0.25) is 0 Å². The molecule has 0 bridgehead atoms. The summed E-state index contributed by atoms with van der Waals surface area (Å²) in [4.78, 5) is 12.9. The molecule has 0 unspecified atom stereocenters. The highest BCUT2D eigenvalue weighted by Crippen LogP contribution is 2.69. The minimum atomic E-state index is 0.0609. The molecule has 0 aliphatic heterocycles. The molecule has 4 saturated carbocycles. The summed E-state index contributed by atoms with van der Waals surface area (Å²) in [6.45, 7) is 14.9. The fraction of sp³-hybridized carbons (Fsp3) is 0.976. The average Bonchev–Trinajstić information content (AvgIpc) is 3.45. The first-order valence-electron chi connectivity index (χ1n) is 21.0. The summed E-state index contributed by atoms with van der Waals surface area (Å²) < 4.78 is 20.3. The molecule has 4 aliphatic rings. The van der Waals surface area contributed by atoms with Crippen molar-refractivity contribution in [2.24, 2.45) is 63.5 Å². The zero-order valence-corrected chi connectivity index (χ0v) is 32.2. The van der Waals surface area contributed by atoms with E-state index in [0.29, 0.717) is 67.7 Å². The second-order valence-corrected chi connectivity index (χ2v) is 17.1. The van der Waals surface area contributed by atoms with Gasteiger partial charge in [-0.05, 0) is 138 Å². The van der Waals surface area contributed by atoms with Crippen molar-refractivity contribution in [3.05, 3.63) is 0 Å². The van der Waals surface area contributed by atoms with Crippen LogP contribution in [-0.2, 0) is 19.0 Å². The quantitative estimate of drug-likeness (QED) is 0.0852. The van der Waals surface area contributed by atoms with Crippen molar-refractivity contribution in [1.29, 1.82) is 0 Å². The SMILES string of the molecule is CCCCCCCCNC(=O)CC[C@@H](C)[C@H]1CC[C@H]2[C@@H]3[C@H](OCCCN)C[C@@H]4C[C@H](OCCCN)CC[C@]4(C)[C@H]3C[C@H](OCCCN)[C@]12C. The van der Waals surface area contributed by atoms with Gasteiger partial charge in [0.05, 0.1) is 18.3 Å². The van der Waals surface area contributed by atoms with Gasteiger partial charge in [-0.25, -0.2) is 0 Å². The Hall–Kier alpha value is -0.770. The molecule has 49 heavy (non-hydrogen) atoms. The van der Waals surface area contributed by atoms with Gasteiger partial charge in [-0.1, -0.05) is 59.8 Å². The smallest absolute Gasteiger partial charge is 0.220 e. The lowest BCUT2D eigenvalue weighted by molar-refractivity contribution is -0.227. The summed E-state index contributed by atoms with van der Waals surface area (Å²) >= 11 is 0. The van der Waals surface area contributed by atoms with Crippen LogP contribution in [0.4, 0.5) is 0 Å². The number of unbranched alkanes of at least 4 members (excludes halogenated alkanes) is 5.